The number of unbranched alkanes of at least 4 members (excludes halogenated alkanes) is 1. The Bertz CT molecular complexity index is 1390. The molecule has 1 unspecified atom stereocenters. The SMILES string of the molecule is CCC(=O)NCCN1C(=O)C(CCCCNC(=O)CCl)Oc2cc(Nc3cc(OC4CCOCC4)c([N+](=O)[O-])cc3Cl)ccc21. The summed E-state index contributed by atoms with van der Waals surface area (Å²) >= 11 is 12.0. The number of carbonyl (C=O) groups is 3. The maximum absolute atomic E-state index is 13.5. The third-order valence-electron chi connectivity index (χ3n) is 7.36. The van der Waals surface area contributed by atoms with Crippen LogP contribution in [0.3, 0.4) is 0 Å². The van der Waals surface area contributed by atoms with E-state index in [1.165, 1.54) is 12.1 Å². The number of amides is 3. The second kappa shape index (κ2) is 16.5. The van der Waals surface area contributed by atoms with Gasteiger partial charge in [-0.3, -0.25) is 24.5 Å². The number of alkyl halides is 1. The van der Waals surface area contributed by atoms with Gasteiger partial charge in [0.25, 0.3) is 5.91 Å². The molecular formula is C30H37Cl2N5O8. The Balaban J connectivity index is 1.54. The number of fused-ring (bicyclic) bond motifs is 1. The van der Waals surface area contributed by atoms with Gasteiger partial charge >= 0.3 is 5.69 Å². The molecule has 244 valence electrons. The number of anilines is 3. The normalized spacial score (nSPS) is 16.4. The van der Waals surface area contributed by atoms with Crippen LogP contribution in [0.15, 0.2) is 30.3 Å². The van der Waals surface area contributed by atoms with Crippen molar-refractivity contribution in [1.29, 1.82) is 0 Å². The molecule has 2 aliphatic heterocycles. The summed E-state index contributed by atoms with van der Waals surface area (Å²) in [6, 6.07) is 7.96. The molecule has 0 aromatic heterocycles. The van der Waals surface area contributed by atoms with Crippen LogP contribution in [0.1, 0.15) is 45.4 Å². The molecule has 0 saturated carbocycles. The Morgan fingerprint density at radius 1 is 1.11 bits per heavy atom. The van der Waals surface area contributed by atoms with Gasteiger partial charge in [0, 0.05) is 62.8 Å². The monoisotopic (exact) mass is 665 g/mol. The lowest BCUT2D eigenvalue weighted by molar-refractivity contribution is -0.386. The number of carbonyl (C=O) groups excluding carboxylic acids is 3. The van der Waals surface area contributed by atoms with Gasteiger partial charge in [0.05, 0.1) is 34.5 Å². The predicted molar refractivity (Wildman–Crippen MR) is 170 cm³/mol. The number of nitro benzene ring substituents is 1. The van der Waals surface area contributed by atoms with Gasteiger partial charge in [-0.25, -0.2) is 0 Å². The summed E-state index contributed by atoms with van der Waals surface area (Å²) in [5.41, 5.74) is 1.27. The second-order valence-electron chi connectivity index (χ2n) is 10.6. The van der Waals surface area contributed by atoms with Gasteiger partial charge in [-0.2, -0.15) is 0 Å². The predicted octanol–water partition coefficient (Wildman–Crippen LogP) is 4.70. The Labute approximate surface area is 271 Å². The molecule has 0 bridgehead atoms. The van der Waals surface area contributed by atoms with Crippen LogP contribution in [0.2, 0.25) is 5.02 Å². The van der Waals surface area contributed by atoms with E-state index in [1.807, 2.05) is 0 Å². The Morgan fingerprint density at radius 2 is 1.87 bits per heavy atom. The summed E-state index contributed by atoms with van der Waals surface area (Å²) < 4.78 is 17.5. The van der Waals surface area contributed by atoms with Crippen molar-refractivity contribution in [3.8, 4) is 11.5 Å². The van der Waals surface area contributed by atoms with E-state index < -0.39 is 11.0 Å². The minimum Gasteiger partial charge on any atom is -0.483 e. The van der Waals surface area contributed by atoms with Gasteiger partial charge in [0.1, 0.15) is 17.7 Å². The van der Waals surface area contributed by atoms with Crippen molar-refractivity contribution in [2.24, 2.45) is 0 Å². The molecule has 2 aromatic rings. The average molecular weight is 667 g/mol. The quantitative estimate of drug-likeness (QED) is 0.106. The summed E-state index contributed by atoms with van der Waals surface area (Å²) in [4.78, 5) is 49.5. The first-order valence-corrected chi connectivity index (χ1v) is 15.8. The molecule has 1 atom stereocenters. The van der Waals surface area contributed by atoms with Crippen molar-refractivity contribution in [2.75, 3.05) is 48.9 Å². The van der Waals surface area contributed by atoms with Crippen LogP contribution in [0, 0.1) is 10.1 Å². The van der Waals surface area contributed by atoms with Crippen LogP contribution in [-0.4, -0.2) is 73.6 Å². The fourth-order valence-corrected chi connectivity index (χ4v) is 5.28. The summed E-state index contributed by atoms with van der Waals surface area (Å²) in [6.07, 6.45) is 2.22. The topological polar surface area (TPSA) is 161 Å². The number of hydrogen-bond acceptors (Lipinski definition) is 9. The molecule has 1 fully saturated rings. The fourth-order valence-electron chi connectivity index (χ4n) is 4.99. The first-order valence-electron chi connectivity index (χ1n) is 14.9. The van der Waals surface area contributed by atoms with E-state index in [-0.39, 0.29) is 59.3 Å². The zero-order chi connectivity index (χ0) is 32.3. The highest BCUT2D eigenvalue weighted by atomic mass is 35.5. The van der Waals surface area contributed by atoms with Crippen molar-refractivity contribution in [2.45, 2.75) is 57.7 Å². The molecular weight excluding hydrogens is 629 g/mol. The number of benzene rings is 2. The van der Waals surface area contributed by atoms with E-state index in [2.05, 4.69) is 16.0 Å². The van der Waals surface area contributed by atoms with Crippen LogP contribution >= 0.6 is 23.2 Å². The van der Waals surface area contributed by atoms with E-state index >= 15 is 0 Å². The van der Waals surface area contributed by atoms with Crippen molar-refractivity contribution in [1.82, 2.24) is 10.6 Å². The molecule has 4 rings (SSSR count). The molecule has 0 aliphatic carbocycles. The van der Waals surface area contributed by atoms with Gasteiger partial charge in [-0.1, -0.05) is 18.5 Å². The summed E-state index contributed by atoms with van der Waals surface area (Å²) in [7, 11) is 0. The number of ether oxygens (including phenoxy) is 3. The first kappa shape index (κ1) is 34.1. The van der Waals surface area contributed by atoms with Crippen molar-refractivity contribution < 1.29 is 33.5 Å². The minimum atomic E-state index is -0.777. The summed E-state index contributed by atoms with van der Waals surface area (Å²) in [5, 5.41) is 20.6. The van der Waals surface area contributed by atoms with Crippen molar-refractivity contribution in [3.63, 3.8) is 0 Å². The van der Waals surface area contributed by atoms with Crippen LogP contribution in [0.4, 0.5) is 22.7 Å². The Kier molecular flexibility index (Phi) is 12.5. The molecule has 15 heteroatoms. The Hall–Kier alpha value is -3.81. The molecule has 3 amide bonds. The van der Waals surface area contributed by atoms with Crippen molar-refractivity contribution >= 4 is 63.7 Å². The molecule has 0 radical (unpaired) electrons. The van der Waals surface area contributed by atoms with E-state index in [9.17, 15) is 24.5 Å². The first-order chi connectivity index (χ1) is 21.7. The highest BCUT2D eigenvalue weighted by Crippen LogP contribution is 2.41. The largest absolute Gasteiger partial charge is 0.483 e. The van der Waals surface area contributed by atoms with Gasteiger partial charge in [0.15, 0.2) is 11.9 Å². The molecule has 13 nitrogen and oxygen atoms in total. The third-order valence-corrected chi connectivity index (χ3v) is 7.92. The van der Waals surface area contributed by atoms with Crippen LogP contribution in [0.25, 0.3) is 0 Å². The average Bonchev–Trinajstić information content (AvgIpc) is 3.03. The van der Waals surface area contributed by atoms with Gasteiger partial charge in [-0.05, 0) is 31.4 Å². The molecule has 3 N–H and O–H groups in total. The smallest absolute Gasteiger partial charge is 0.312 e. The molecule has 0 spiro atoms. The number of hydrogen-bond donors (Lipinski definition) is 3. The van der Waals surface area contributed by atoms with Crippen LogP contribution in [-0.2, 0) is 19.1 Å². The van der Waals surface area contributed by atoms with E-state index in [4.69, 9.17) is 37.4 Å². The van der Waals surface area contributed by atoms with E-state index in [0.717, 1.165) is 0 Å². The lowest BCUT2D eigenvalue weighted by atomic mass is 10.1. The molecule has 45 heavy (non-hydrogen) atoms. The third kappa shape index (κ3) is 9.35. The van der Waals surface area contributed by atoms with E-state index in [1.54, 1.807) is 30.0 Å². The minimum absolute atomic E-state index is 0.0983. The number of nitrogens with one attached hydrogen (secondary N) is 3. The molecule has 1 saturated heterocycles. The van der Waals surface area contributed by atoms with Gasteiger partial charge in [-0.15, -0.1) is 11.6 Å². The number of rotatable bonds is 15. The van der Waals surface area contributed by atoms with Crippen molar-refractivity contribution in [3.05, 3.63) is 45.5 Å². The number of nitrogens with zero attached hydrogens (tertiary/aromatic N) is 2. The summed E-state index contributed by atoms with van der Waals surface area (Å²) in [5.74, 6) is -0.180. The highest BCUT2D eigenvalue weighted by molar-refractivity contribution is 6.33. The maximum Gasteiger partial charge on any atom is 0.312 e. The molecule has 2 aromatic carbocycles. The lowest BCUT2D eigenvalue weighted by Crippen LogP contribution is -2.48. The highest BCUT2D eigenvalue weighted by Gasteiger charge is 2.34. The van der Waals surface area contributed by atoms with Crippen LogP contribution < -0.4 is 30.3 Å². The summed E-state index contributed by atoms with van der Waals surface area (Å²) in [6.45, 7) is 3.73. The molecule has 2 aliphatic rings. The zero-order valence-electron chi connectivity index (χ0n) is 24.9. The number of nitro groups is 1. The van der Waals surface area contributed by atoms with Gasteiger partial charge < -0.3 is 35.1 Å². The molecule has 2 heterocycles. The lowest BCUT2D eigenvalue weighted by Gasteiger charge is -2.35. The van der Waals surface area contributed by atoms with Crippen LogP contribution in [0.5, 0.6) is 11.5 Å². The van der Waals surface area contributed by atoms with Gasteiger partial charge in [0.2, 0.25) is 11.8 Å². The Morgan fingerprint density at radius 3 is 2.58 bits per heavy atom. The zero-order valence-corrected chi connectivity index (χ0v) is 26.5. The standard InChI is InChI=1S/C30H37Cl2N5O8/c1-2-28(38)34-11-12-36-23-7-6-19(15-26(23)45-25(30(36)40)5-3-4-10-33-29(39)18-31)35-22-17-27(24(37(41)42)16-21(22)32)44-20-8-13-43-14-9-20/h6-7,15-17,20,25,35H,2-5,8-14,18H2,1H3,(H,33,39)(H,34,38). The second-order valence-corrected chi connectivity index (χ2v) is 11.2. The number of halogens is 2. The maximum atomic E-state index is 13.5. The fraction of sp³-hybridized carbons (Fsp3) is 0.500. The van der Waals surface area contributed by atoms with E-state index in [0.29, 0.717) is 81.1 Å².